The standard InChI is InChI=1S/C18H23N/c1-14-9-11-18(12-10-14)16(3)19-15(2)13-17-7-5-4-6-8-17/h4-12,15-16,19H,13H2,1-3H3/t15?,16-/m0/s1. The Hall–Kier alpha value is -1.60. The Bertz CT molecular complexity index is 487. The number of hydrogen-bond donors (Lipinski definition) is 1. The first-order chi connectivity index (χ1) is 9.15. The van der Waals surface area contributed by atoms with Gasteiger partial charge in [0.2, 0.25) is 0 Å². The maximum atomic E-state index is 3.66. The summed E-state index contributed by atoms with van der Waals surface area (Å²) in [5.41, 5.74) is 4.05. The molecule has 0 radical (unpaired) electrons. The molecule has 0 saturated carbocycles. The van der Waals surface area contributed by atoms with E-state index >= 15 is 0 Å². The highest BCUT2D eigenvalue weighted by molar-refractivity contribution is 5.24. The number of hydrogen-bond acceptors (Lipinski definition) is 1. The average Bonchev–Trinajstić information content (AvgIpc) is 2.40. The molecule has 0 spiro atoms. The van der Waals surface area contributed by atoms with E-state index < -0.39 is 0 Å². The maximum absolute atomic E-state index is 3.66. The Morgan fingerprint density at radius 1 is 0.895 bits per heavy atom. The van der Waals surface area contributed by atoms with Gasteiger partial charge < -0.3 is 5.32 Å². The van der Waals surface area contributed by atoms with Crippen molar-refractivity contribution < 1.29 is 0 Å². The normalized spacial score (nSPS) is 14.1. The van der Waals surface area contributed by atoms with Crippen LogP contribution in [0.4, 0.5) is 0 Å². The van der Waals surface area contributed by atoms with Crippen LogP contribution in [-0.2, 0) is 6.42 Å². The fraction of sp³-hybridized carbons (Fsp3) is 0.333. The van der Waals surface area contributed by atoms with Crippen molar-refractivity contribution in [3.05, 3.63) is 71.3 Å². The van der Waals surface area contributed by atoms with Gasteiger partial charge in [0.25, 0.3) is 0 Å². The summed E-state index contributed by atoms with van der Waals surface area (Å²) in [6.45, 7) is 6.60. The van der Waals surface area contributed by atoms with Gasteiger partial charge in [-0.25, -0.2) is 0 Å². The smallest absolute Gasteiger partial charge is 0.0294 e. The monoisotopic (exact) mass is 253 g/mol. The second kappa shape index (κ2) is 6.53. The van der Waals surface area contributed by atoms with Crippen molar-refractivity contribution >= 4 is 0 Å². The van der Waals surface area contributed by atoms with Crippen LogP contribution in [0.2, 0.25) is 0 Å². The summed E-state index contributed by atoms with van der Waals surface area (Å²) in [5.74, 6) is 0. The number of aryl methyl sites for hydroxylation is 1. The average molecular weight is 253 g/mol. The first-order valence-electron chi connectivity index (χ1n) is 7.01. The van der Waals surface area contributed by atoms with Crippen molar-refractivity contribution in [3.63, 3.8) is 0 Å². The molecule has 19 heavy (non-hydrogen) atoms. The van der Waals surface area contributed by atoms with Crippen molar-refractivity contribution in [1.29, 1.82) is 0 Å². The molecule has 1 heteroatoms. The molecule has 2 atom stereocenters. The SMILES string of the molecule is Cc1ccc([C@H](C)NC(C)Cc2ccccc2)cc1. The van der Waals surface area contributed by atoms with Crippen LogP contribution in [0.5, 0.6) is 0 Å². The van der Waals surface area contributed by atoms with Crippen LogP contribution < -0.4 is 5.32 Å². The summed E-state index contributed by atoms with van der Waals surface area (Å²) in [5, 5.41) is 3.66. The summed E-state index contributed by atoms with van der Waals surface area (Å²) in [4.78, 5) is 0. The van der Waals surface area contributed by atoms with Gasteiger partial charge in [0.1, 0.15) is 0 Å². The van der Waals surface area contributed by atoms with Gasteiger partial charge in [0, 0.05) is 12.1 Å². The fourth-order valence-corrected chi connectivity index (χ4v) is 2.40. The third kappa shape index (κ3) is 4.22. The number of rotatable bonds is 5. The molecule has 1 unspecified atom stereocenters. The zero-order valence-corrected chi connectivity index (χ0v) is 12.1. The van der Waals surface area contributed by atoms with Crippen LogP contribution in [0, 0.1) is 6.92 Å². The first kappa shape index (κ1) is 13.8. The van der Waals surface area contributed by atoms with Gasteiger partial charge in [0.15, 0.2) is 0 Å². The van der Waals surface area contributed by atoms with Crippen LogP contribution in [0.3, 0.4) is 0 Å². The highest BCUT2D eigenvalue weighted by Crippen LogP contribution is 2.14. The Labute approximate surface area is 116 Å². The molecule has 0 aliphatic rings. The molecule has 2 aromatic rings. The summed E-state index contributed by atoms with van der Waals surface area (Å²) in [6, 6.07) is 20.3. The minimum Gasteiger partial charge on any atom is -0.307 e. The zero-order valence-electron chi connectivity index (χ0n) is 12.1. The highest BCUT2D eigenvalue weighted by Gasteiger charge is 2.09. The maximum Gasteiger partial charge on any atom is 0.0294 e. The fourth-order valence-electron chi connectivity index (χ4n) is 2.40. The van der Waals surface area contributed by atoms with E-state index in [0.29, 0.717) is 12.1 Å². The van der Waals surface area contributed by atoms with E-state index in [4.69, 9.17) is 0 Å². The van der Waals surface area contributed by atoms with E-state index in [1.165, 1.54) is 16.7 Å². The third-order valence-electron chi connectivity index (χ3n) is 3.50. The molecular formula is C18H23N. The van der Waals surface area contributed by atoms with Crippen molar-refractivity contribution in [1.82, 2.24) is 5.32 Å². The quantitative estimate of drug-likeness (QED) is 0.838. The first-order valence-corrected chi connectivity index (χ1v) is 7.01. The molecule has 0 bridgehead atoms. The molecule has 2 aromatic carbocycles. The summed E-state index contributed by atoms with van der Waals surface area (Å²) in [6.07, 6.45) is 1.07. The minimum absolute atomic E-state index is 0.388. The Kier molecular flexibility index (Phi) is 4.75. The highest BCUT2D eigenvalue weighted by atomic mass is 14.9. The molecule has 0 aliphatic carbocycles. The Morgan fingerprint density at radius 2 is 1.53 bits per heavy atom. The topological polar surface area (TPSA) is 12.0 Å². The van der Waals surface area contributed by atoms with Crippen LogP contribution in [0.25, 0.3) is 0 Å². The van der Waals surface area contributed by atoms with Gasteiger partial charge in [-0.1, -0.05) is 60.2 Å². The summed E-state index contributed by atoms with van der Waals surface area (Å²) in [7, 11) is 0. The Balaban J connectivity index is 1.91. The molecular weight excluding hydrogens is 230 g/mol. The van der Waals surface area contributed by atoms with E-state index in [9.17, 15) is 0 Å². The Morgan fingerprint density at radius 3 is 2.16 bits per heavy atom. The molecule has 0 fully saturated rings. The molecule has 1 N–H and O–H groups in total. The van der Waals surface area contributed by atoms with Gasteiger partial charge in [-0.3, -0.25) is 0 Å². The molecule has 0 amide bonds. The van der Waals surface area contributed by atoms with Crippen LogP contribution in [0.1, 0.15) is 36.6 Å². The van der Waals surface area contributed by atoms with Crippen LogP contribution in [-0.4, -0.2) is 6.04 Å². The van der Waals surface area contributed by atoms with E-state index in [2.05, 4.69) is 80.7 Å². The summed E-state index contributed by atoms with van der Waals surface area (Å²) >= 11 is 0. The summed E-state index contributed by atoms with van der Waals surface area (Å²) < 4.78 is 0. The lowest BCUT2D eigenvalue weighted by Crippen LogP contribution is -2.30. The van der Waals surface area contributed by atoms with E-state index in [0.717, 1.165) is 6.42 Å². The number of nitrogens with one attached hydrogen (secondary N) is 1. The van der Waals surface area contributed by atoms with Gasteiger partial charge >= 0.3 is 0 Å². The second-order valence-electron chi connectivity index (χ2n) is 5.39. The predicted molar refractivity (Wildman–Crippen MR) is 82.3 cm³/mol. The zero-order chi connectivity index (χ0) is 13.7. The van der Waals surface area contributed by atoms with Crippen molar-refractivity contribution in [3.8, 4) is 0 Å². The minimum atomic E-state index is 0.388. The van der Waals surface area contributed by atoms with Crippen molar-refractivity contribution in [2.75, 3.05) is 0 Å². The lowest BCUT2D eigenvalue weighted by atomic mass is 10.0. The number of benzene rings is 2. The van der Waals surface area contributed by atoms with Gasteiger partial charge in [-0.15, -0.1) is 0 Å². The van der Waals surface area contributed by atoms with E-state index in [1.54, 1.807) is 0 Å². The largest absolute Gasteiger partial charge is 0.307 e. The molecule has 1 nitrogen and oxygen atoms in total. The van der Waals surface area contributed by atoms with Crippen molar-refractivity contribution in [2.24, 2.45) is 0 Å². The van der Waals surface area contributed by atoms with Gasteiger partial charge in [-0.2, -0.15) is 0 Å². The lowest BCUT2D eigenvalue weighted by Gasteiger charge is -2.20. The second-order valence-corrected chi connectivity index (χ2v) is 5.39. The molecule has 0 aromatic heterocycles. The third-order valence-corrected chi connectivity index (χ3v) is 3.50. The van der Waals surface area contributed by atoms with Crippen molar-refractivity contribution in [2.45, 2.75) is 39.3 Å². The lowest BCUT2D eigenvalue weighted by molar-refractivity contribution is 0.477. The molecule has 0 saturated heterocycles. The molecule has 0 heterocycles. The van der Waals surface area contributed by atoms with Gasteiger partial charge in [-0.05, 0) is 38.3 Å². The van der Waals surface area contributed by atoms with E-state index in [1.807, 2.05) is 0 Å². The molecule has 0 aliphatic heterocycles. The molecule has 2 rings (SSSR count). The van der Waals surface area contributed by atoms with E-state index in [-0.39, 0.29) is 0 Å². The van der Waals surface area contributed by atoms with Crippen LogP contribution >= 0.6 is 0 Å². The molecule has 100 valence electrons. The van der Waals surface area contributed by atoms with Crippen LogP contribution in [0.15, 0.2) is 54.6 Å². The predicted octanol–water partition coefficient (Wildman–Crippen LogP) is 4.28. The van der Waals surface area contributed by atoms with Gasteiger partial charge in [0.05, 0.1) is 0 Å².